The molecule has 0 aliphatic heterocycles. The van der Waals surface area contributed by atoms with Gasteiger partial charge in [-0.3, -0.25) is 4.79 Å². The van der Waals surface area contributed by atoms with Gasteiger partial charge in [0.1, 0.15) is 5.78 Å². The van der Waals surface area contributed by atoms with E-state index in [0.717, 1.165) is 18.8 Å². The molecule has 0 unspecified atom stereocenters. The summed E-state index contributed by atoms with van der Waals surface area (Å²) in [5, 5.41) is 0. The van der Waals surface area contributed by atoms with Crippen molar-refractivity contribution >= 4 is 17.5 Å². The molecule has 0 heterocycles. The smallest absolute Gasteiger partial charge is 0.146 e. The van der Waals surface area contributed by atoms with Gasteiger partial charge in [0.2, 0.25) is 0 Å². The van der Waals surface area contributed by atoms with Gasteiger partial charge < -0.3 is 0 Å². The molecule has 0 amide bonds. The summed E-state index contributed by atoms with van der Waals surface area (Å²) in [5.41, 5.74) is 3.99. The molecule has 118 valence electrons. The number of hydrogen-bond acceptors (Lipinski definition) is 2. The fourth-order valence-corrected chi connectivity index (χ4v) is 4.88. The monoisotopic (exact) mass is 322 g/mol. The molecule has 2 fully saturated rings. The highest BCUT2D eigenvalue weighted by Gasteiger charge is 2.42. The molecule has 0 bridgehead atoms. The van der Waals surface area contributed by atoms with E-state index in [1.807, 2.05) is 0 Å². The molecule has 0 atom stereocenters. The first-order valence-electron chi connectivity index (χ1n) is 8.57. The second kappa shape index (κ2) is 5.83. The van der Waals surface area contributed by atoms with Gasteiger partial charge in [-0.15, -0.1) is 11.8 Å². The first-order chi connectivity index (χ1) is 11.2. The third-order valence-corrected chi connectivity index (χ3v) is 6.93. The summed E-state index contributed by atoms with van der Waals surface area (Å²) in [6.07, 6.45) is 5.88. The summed E-state index contributed by atoms with van der Waals surface area (Å²) in [6, 6.07) is 17.6. The molecule has 23 heavy (non-hydrogen) atoms. The fraction of sp³-hybridized carbons (Fsp3) is 0.381. The molecule has 4 rings (SSSR count). The van der Waals surface area contributed by atoms with Crippen LogP contribution in [0, 0.1) is 0 Å². The van der Waals surface area contributed by atoms with Gasteiger partial charge in [0.05, 0.1) is 4.75 Å². The van der Waals surface area contributed by atoms with E-state index >= 15 is 0 Å². The lowest BCUT2D eigenvalue weighted by Crippen LogP contribution is -2.40. The number of benzene rings is 2. The van der Waals surface area contributed by atoms with Gasteiger partial charge >= 0.3 is 0 Å². The molecular weight excluding hydrogens is 300 g/mol. The summed E-state index contributed by atoms with van der Waals surface area (Å²) in [5.74, 6) is 1.12. The normalized spacial score (nSPS) is 19.2. The minimum atomic E-state index is -0.177. The Bertz CT molecular complexity index is 724. The van der Waals surface area contributed by atoms with Crippen molar-refractivity contribution in [3.63, 3.8) is 0 Å². The standard InChI is InChI=1S/C21H22OS/c1-15(22)21(13-4-14-21)23-20-6-3-2-5-19(20)18-11-9-17(10-12-18)16-7-8-16/h2-3,5-6,9-12,16H,4,7-8,13-14H2,1H3. The molecule has 2 heteroatoms. The van der Waals surface area contributed by atoms with Crippen LogP contribution in [0.5, 0.6) is 0 Å². The van der Waals surface area contributed by atoms with Crippen molar-refractivity contribution < 1.29 is 4.79 Å². The molecule has 2 saturated carbocycles. The predicted molar refractivity (Wildman–Crippen MR) is 97.0 cm³/mol. The van der Waals surface area contributed by atoms with Gasteiger partial charge in [-0.1, -0.05) is 42.5 Å². The number of rotatable bonds is 5. The van der Waals surface area contributed by atoms with Crippen molar-refractivity contribution in [3.8, 4) is 11.1 Å². The van der Waals surface area contributed by atoms with Crippen LogP contribution in [0.25, 0.3) is 11.1 Å². The van der Waals surface area contributed by atoms with Crippen LogP contribution < -0.4 is 0 Å². The molecule has 0 aromatic heterocycles. The van der Waals surface area contributed by atoms with Crippen LogP contribution in [0.3, 0.4) is 0 Å². The Balaban J connectivity index is 1.65. The third-order valence-electron chi connectivity index (χ3n) is 5.27. The van der Waals surface area contributed by atoms with Crippen molar-refractivity contribution in [3.05, 3.63) is 54.1 Å². The maximum Gasteiger partial charge on any atom is 0.146 e. The van der Waals surface area contributed by atoms with Gasteiger partial charge in [-0.2, -0.15) is 0 Å². The first kappa shape index (κ1) is 15.0. The van der Waals surface area contributed by atoms with Crippen molar-refractivity contribution in [1.82, 2.24) is 0 Å². The highest BCUT2D eigenvalue weighted by molar-refractivity contribution is 8.01. The molecule has 2 aromatic rings. The van der Waals surface area contributed by atoms with Gasteiger partial charge in [0, 0.05) is 4.90 Å². The predicted octanol–water partition coefficient (Wildman–Crippen LogP) is 5.83. The van der Waals surface area contributed by atoms with Gasteiger partial charge in [-0.05, 0) is 67.7 Å². The zero-order valence-electron chi connectivity index (χ0n) is 13.5. The van der Waals surface area contributed by atoms with Crippen LogP contribution in [0.1, 0.15) is 50.5 Å². The van der Waals surface area contributed by atoms with E-state index in [1.165, 1.54) is 40.8 Å². The van der Waals surface area contributed by atoms with E-state index in [2.05, 4.69) is 48.5 Å². The maximum absolute atomic E-state index is 12.1. The minimum absolute atomic E-state index is 0.177. The van der Waals surface area contributed by atoms with Crippen LogP contribution in [-0.4, -0.2) is 10.5 Å². The van der Waals surface area contributed by atoms with Gasteiger partial charge in [0.15, 0.2) is 0 Å². The summed E-state index contributed by atoms with van der Waals surface area (Å²) in [4.78, 5) is 13.3. The van der Waals surface area contributed by atoms with E-state index in [-0.39, 0.29) is 4.75 Å². The molecular formula is C21H22OS. The Labute approximate surface area is 142 Å². The summed E-state index contributed by atoms with van der Waals surface area (Å²) in [6.45, 7) is 1.75. The van der Waals surface area contributed by atoms with E-state index < -0.39 is 0 Å². The van der Waals surface area contributed by atoms with E-state index in [0.29, 0.717) is 5.78 Å². The summed E-state index contributed by atoms with van der Waals surface area (Å²) >= 11 is 1.78. The number of carbonyl (C=O) groups is 1. The highest BCUT2D eigenvalue weighted by atomic mass is 32.2. The van der Waals surface area contributed by atoms with Crippen LogP contribution >= 0.6 is 11.8 Å². The topological polar surface area (TPSA) is 17.1 Å². The number of thioether (sulfide) groups is 1. The summed E-state index contributed by atoms with van der Waals surface area (Å²) in [7, 11) is 0. The second-order valence-electron chi connectivity index (χ2n) is 6.90. The molecule has 1 nitrogen and oxygen atoms in total. The fourth-order valence-electron chi connectivity index (χ4n) is 3.38. The van der Waals surface area contributed by atoms with E-state index in [1.54, 1.807) is 18.7 Å². The van der Waals surface area contributed by atoms with Crippen molar-refractivity contribution in [2.24, 2.45) is 0 Å². The highest BCUT2D eigenvalue weighted by Crippen LogP contribution is 2.50. The quantitative estimate of drug-likeness (QED) is 0.688. The average molecular weight is 322 g/mol. The Morgan fingerprint density at radius 3 is 2.30 bits per heavy atom. The zero-order valence-corrected chi connectivity index (χ0v) is 14.4. The van der Waals surface area contributed by atoms with Gasteiger partial charge in [-0.25, -0.2) is 0 Å². The SMILES string of the molecule is CC(=O)C1(Sc2ccccc2-c2ccc(C3CC3)cc2)CCC1. The second-order valence-corrected chi connectivity index (χ2v) is 8.32. The zero-order chi connectivity index (χ0) is 15.9. The largest absolute Gasteiger partial charge is 0.298 e. The lowest BCUT2D eigenvalue weighted by atomic mass is 9.81. The Hall–Kier alpha value is -1.54. The number of Topliss-reactive ketones (excluding diaryl/α,β-unsaturated/α-hetero) is 1. The van der Waals surface area contributed by atoms with Gasteiger partial charge in [0.25, 0.3) is 0 Å². The molecule has 2 aliphatic carbocycles. The van der Waals surface area contributed by atoms with Crippen LogP contribution in [0.2, 0.25) is 0 Å². The lowest BCUT2D eigenvalue weighted by molar-refractivity contribution is -0.121. The average Bonchev–Trinajstić information content (AvgIpc) is 3.36. The first-order valence-corrected chi connectivity index (χ1v) is 9.39. The van der Waals surface area contributed by atoms with E-state index in [9.17, 15) is 4.79 Å². The van der Waals surface area contributed by atoms with Crippen LogP contribution in [-0.2, 0) is 4.79 Å². The number of ketones is 1. The van der Waals surface area contributed by atoms with Crippen molar-refractivity contribution in [1.29, 1.82) is 0 Å². The summed E-state index contributed by atoms with van der Waals surface area (Å²) < 4.78 is -0.177. The Morgan fingerprint density at radius 1 is 1.04 bits per heavy atom. The third kappa shape index (κ3) is 2.85. The van der Waals surface area contributed by atoms with Crippen LogP contribution in [0.4, 0.5) is 0 Å². The van der Waals surface area contributed by atoms with Crippen molar-refractivity contribution in [2.45, 2.75) is 54.6 Å². The minimum Gasteiger partial charge on any atom is -0.298 e. The Kier molecular flexibility index (Phi) is 3.81. The van der Waals surface area contributed by atoms with E-state index in [4.69, 9.17) is 0 Å². The number of carbonyl (C=O) groups excluding carboxylic acids is 1. The van der Waals surface area contributed by atoms with Crippen LogP contribution in [0.15, 0.2) is 53.4 Å². The molecule has 0 spiro atoms. The molecule has 0 saturated heterocycles. The maximum atomic E-state index is 12.1. The Morgan fingerprint density at radius 2 is 1.74 bits per heavy atom. The molecule has 2 aliphatic rings. The lowest BCUT2D eigenvalue weighted by Gasteiger charge is -2.39. The van der Waals surface area contributed by atoms with Crippen molar-refractivity contribution in [2.75, 3.05) is 0 Å². The molecule has 0 radical (unpaired) electrons. The molecule has 0 N–H and O–H groups in total. The number of hydrogen-bond donors (Lipinski definition) is 0. The molecule has 2 aromatic carbocycles.